The lowest BCUT2D eigenvalue weighted by Crippen LogP contribution is -2.46. The Bertz CT molecular complexity index is 1380. The Labute approximate surface area is 223 Å². The highest BCUT2D eigenvalue weighted by molar-refractivity contribution is 6.31. The molecular weight excluding hydrogens is 512 g/mol. The molecule has 5 rings (SSSR count). The molecule has 11 nitrogen and oxygen atoms in total. The molecule has 0 saturated carbocycles. The fourth-order valence-electron chi connectivity index (χ4n) is 4.30. The first-order valence-electron chi connectivity index (χ1n) is 12.3. The summed E-state index contributed by atoms with van der Waals surface area (Å²) < 4.78 is 16.8. The van der Waals surface area contributed by atoms with Crippen LogP contribution in [-0.4, -0.2) is 56.2 Å². The van der Waals surface area contributed by atoms with Crippen LogP contribution in [0.15, 0.2) is 63.6 Å². The number of carbonyl (C=O) groups excluding carboxylic acids is 2. The predicted molar refractivity (Wildman–Crippen MR) is 136 cm³/mol. The van der Waals surface area contributed by atoms with Crippen LogP contribution in [0.25, 0.3) is 11.6 Å². The fraction of sp³-hybridized carbons (Fsp3) is 0.346. The van der Waals surface area contributed by atoms with Crippen LogP contribution in [0.4, 0.5) is 0 Å². The summed E-state index contributed by atoms with van der Waals surface area (Å²) in [5.41, 5.74) is 0.671. The van der Waals surface area contributed by atoms with Gasteiger partial charge in [0.05, 0.1) is 12.4 Å². The zero-order valence-corrected chi connectivity index (χ0v) is 21.5. The van der Waals surface area contributed by atoms with Crippen LogP contribution in [-0.2, 0) is 27.4 Å². The second-order valence-electron chi connectivity index (χ2n) is 8.96. The van der Waals surface area contributed by atoms with Crippen LogP contribution in [0.3, 0.4) is 0 Å². The van der Waals surface area contributed by atoms with E-state index in [9.17, 15) is 9.59 Å². The number of benzene rings is 1. The molecular formula is C26H27ClN6O5. The first-order chi connectivity index (χ1) is 18.5. The number of nitrogens with zero attached hydrogens (tertiary/aromatic N) is 5. The molecule has 0 unspecified atom stereocenters. The molecule has 4 heterocycles. The third kappa shape index (κ3) is 5.95. The standard InChI is InChI=1S/C26H27ClN6O5/c1-17-10-11-22(38-17)25-29-31-33(30-25)16-23(34)32(15-18-6-2-3-8-20(18)27)24(21-9-5-13-37-21)26(35)28-14-19-7-4-12-36-19/h2-3,5-6,8-11,13,19,24H,4,7,12,14-16H2,1H3,(H,28,35)/t19-,24+/m0/s1. The van der Waals surface area contributed by atoms with Crippen molar-refractivity contribution in [3.05, 3.63) is 76.9 Å². The third-order valence-electron chi connectivity index (χ3n) is 6.21. The highest BCUT2D eigenvalue weighted by Gasteiger charge is 2.35. The molecule has 1 saturated heterocycles. The number of aromatic nitrogens is 4. The van der Waals surface area contributed by atoms with Gasteiger partial charge in [0.15, 0.2) is 11.8 Å². The highest BCUT2D eigenvalue weighted by atomic mass is 35.5. The molecule has 0 radical (unpaired) electrons. The summed E-state index contributed by atoms with van der Waals surface area (Å²) in [6.07, 6.45) is 3.21. The molecule has 0 aliphatic carbocycles. The minimum Gasteiger partial charge on any atom is -0.467 e. The van der Waals surface area contributed by atoms with Crippen LogP contribution in [0.5, 0.6) is 0 Å². The van der Waals surface area contributed by atoms with Crippen LogP contribution in [0.1, 0.15) is 36.0 Å². The van der Waals surface area contributed by atoms with E-state index in [0.717, 1.165) is 12.8 Å². The summed E-state index contributed by atoms with van der Waals surface area (Å²) >= 11 is 6.43. The van der Waals surface area contributed by atoms with Gasteiger partial charge in [0, 0.05) is 24.7 Å². The van der Waals surface area contributed by atoms with Gasteiger partial charge in [-0.15, -0.1) is 10.2 Å². The number of halogens is 1. The first-order valence-corrected chi connectivity index (χ1v) is 12.7. The van der Waals surface area contributed by atoms with Gasteiger partial charge in [-0.25, -0.2) is 0 Å². The SMILES string of the molecule is Cc1ccc(-c2nnn(CC(=O)N(Cc3ccccc3Cl)[C@@H](C(=O)NC[C@@H]3CCCO3)c3ccco3)n2)o1. The summed E-state index contributed by atoms with van der Waals surface area (Å²) in [6, 6.07) is 12.9. The average molecular weight is 539 g/mol. The van der Waals surface area contributed by atoms with Crippen molar-refractivity contribution < 1.29 is 23.2 Å². The van der Waals surface area contributed by atoms with Crippen molar-refractivity contribution in [1.82, 2.24) is 30.4 Å². The number of nitrogens with one attached hydrogen (secondary N) is 1. The van der Waals surface area contributed by atoms with Gasteiger partial charge in [0.2, 0.25) is 11.7 Å². The first kappa shape index (κ1) is 25.7. The zero-order valence-electron chi connectivity index (χ0n) is 20.7. The monoisotopic (exact) mass is 538 g/mol. The maximum absolute atomic E-state index is 13.8. The Kier molecular flexibility index (Phi) is 7.85. The van der Waals surface area contributed by atoms with E-state index in [2.05, 4.69) is 20.7 Å². The number of rotatable bonds is 10. The number of hydrogen-bond donors (Lipinski definition) is 1. The Balaban J connectivity index is 1.42. The molecule has 2 amide bonds. The molecule has 0 spiro atoms. The van der Waals surface area contributed by atoms with Crippen molar-refractivity contribution in [1.29, 1.82) is 0 Å². The third-order valence-corrected chi connectivity index (χ3v) is 6.58. The zero-order chi connectivity index (χ0) is 26.5. The number of carbonyl (C=O) groups is 2. The van der Waals surface area contributed by atoms with E-state index in [1.807, 2.05) is 13.0 Å². The van der Waals surface area contributed by atoms with Gasteiger partial charge in [-0.2, -0.15) is 4.80 Å². The molecule has 3 aromatic heterocycles. The molecule has 0 bridgehead atoms. The van der Waals surface area contributed by atoms with Gasteiger partial charge >= 0.3 is 0 Å². The maximum Gasteiger partial charge on any atom is 0.250 e. The van der Waals surface area contributed by atoms with Crippen molar-refractivity contribution in [3.63, 3.8) is 0 Å². The molecule has 4 aromatic rings. The Hall–Kier alpha value is -3.96. The largest absolute Gasteiger partial charge is 0.467 e. The van der Waals surface area contributed by atoms with Crippen molar-refractivity contribution >= 4 is 23.4 Å². The number of tetrazole rings is 1. The lowest BCUT2D eigenvalue weighted by atomic mass is 10.1. The Morgan fingerprint density at radius 2 is 2.08 bits per heavy atom. The highest BCUT2D eigenvalue weighted by Crippen LogP contribution is 2.27. The summed E-state index contributed by atoms with van der Waals surface area (Å²) in [6.45, 7) is 2.59. The van der Waals surface area contributed by atoms with Crippen LogP contribution >= 0.6 is 11.6 Å². The molecule has 1 N–H and O–H groups in total. The molecule has 1 aliphatic rings. The quantitative estimate of drug-likeness (QED) is 0.324. The van der Waals surface area contributed by atoms with E-state index in [1.54, 1.807) is 42.5 Å². The van der Waals surface area contributed by atoms with Gasteiger partial charge in [0.1, 0.15) is 18.1 Å². The molecule has 1 aromatic carbocycles. The molecule has 1 aliphatic heterocycles. The van der Waals surface area contributed by atoms with Crippen LogP contribution in [0.2, 0.25) is 5.02 Å². The number of hydrogen-bond acceptors (Lipinski definition) is 8. The number of ether oxygens (including phenoxy) is 1. The average Bonchev–Trinajstić information content (AvgIpc) is 3.72. The molecule has 1 fully saturated rings. The second kappa shape index (κ2) is 11.6. The van der Waals surface area contributed by atoms with Gasteiger partial charge < -0.3 is 23.8 Å². The minimum atomic E-state index is -1.06. The van der Waals surface area contributed by atoms with E-state index < -0.39 is 17.9 Å². The van der Waals surface area contributed by atoms with Crippen LogP contribution in [0, 0.1) is 6.92 Å². The topological polar surface area (TPSA) is 129 Å². The normalized spacial score (nSPS) is 15.9. The van der Waals surface area contributed by atoms with Crippen molar-refractivity contribution in [2.24, 2.45) is 0 Å². The van der Waals surface area contributed by atoms with Gasteiger partial charge in [-0.3, -0.25) is 9.59 Å². The van der Waals surface area contributed by atoms with Gasteiger partial charge in [-0.05, 0) is 60.9 Å². The van der Waals surface area contributed by atoms with Gasteiger partial charge in [-0.1, -0.05) is 29.8 Å². The van der Waals surface area contributed by atoms with E-state index >= 15 is 0 Å². The molecule has 12 heteroatoms. The van der Waals surface area contributed by atoms with E-state index in [0.29, 0.717) is 41.0 Å². The molecule has 198 valence electrons. The van der Waals surface area contributed by atoms with E-state index in [4.69, 9.17) is 25.2 Å². The van der Waals surface area contributed by atoms with Gasteiger partial charge in [0.25, 0.3) is 5.91 Å². The van der Waals surface area contributed by atoms with Crippen molar-refractivity contribution in [2.45, 2.75) is 45.0 Å². The summed E-state index contributed by atoms with van der Waals surface area (Å²) in [5.74, 6) is 0.881. The second-order valence-corrected chi connectivity index (χ2v) is 9.37. The fourth-order valence-corrected chi connectivity index (χ4v) is 4.49. The lowest BCUT2D eigenvalue weighted by molar-refractivity contribution is -0.143. The number of furan rings is 2. The van der Waals surface area contributed by atoms with Crippen LogP contribution < -0.4 is 5.32 Å². The molecule has 38 heavy (non-hydrogen) atoms. The number of aryl methyl sites for hydroxylation is 1. The number of amides is 2. The maximum atomic E-state index is 13.8. The predicted octanol–water partition coefficient (Wildman–Crippen LogP) is 3.55. The van der Waals surface area contributed by atoms with Crippen molar-refractivity contribution in [2.75, 3.05) is 13.2 Å². The smallest absolute Gasteiger partial charge is 0.250 e. The Morgan fingerprint density at radius 3 is 2.79 bits per heavy atom. The molecule has 2 atom stereocenters. The van der Waals surface area contributed by atoms with Crippen molar-refractivity contribution in [3.8, 4) is 11.6 Å². The Morgan fingerprint density at radius 1 is 1.21 bits per heavy atom. The minimum absolute atomic E-state index is 0.0517. The summed E-state index contributed by atoms with van der Waals surface area (Å²) in [5, 5.41) is 15.7. The summed E-state index contributed by atoms with van der Waals surface area (Å²) in [7, 11) is 0. The van der Waals surface area contributed by atoms with E-state index in [1.165, 1.54) is 16.0 Å². The lowest BCUT2D eigenvalue weighted by Gasteiger charge is -2.30. The summed E-state index contributed by atoms with van der Waals surface area (Å²) in [4.78, 5) is 29.9. The van der Waals surface area contributed by atoms with E-state index in [-0.39, 0.29) is 25.0 Å².